The van der Waals surface area contributed by atoms with Crippen LogP contribution in [0, 0.1) is 6.92 Å². The topological polar surface area (TPSA) is 75.4 Å². The summed E-state index contributed by atoms with van der Waals surface area (Å²) < 4.78 is 5.03. The fourth-order valence-corrected chi connectivity index (χ4v) is 4.03. The van der Waals surface area contributed by atoms with Crippen LogP contribution in [0.15, 0.2) is 65.3 Å². The molecular formula is C24H23N5O2. The third-order valence-electron chi connectivity index (χ3n) is 5.71. The summed E-state index contributed by atoms with van der Waals surface area (Å²) in [4.78, 5) is 25.9. The number of pyridine rings is 1. The lowest BCUT2D eigenvalue weighted by molar-refractivity contribution is -0.130. The summed E-state index contributed by atoms with van der Waals surface area (Å²) in [6, 6.07) is 18.3. The van der Waals surface area contributed by atoms with E-state index in [1.54, 1.807) is 13.1 Å². The van der Waals surface area contributed by atoms with E-state index >= 15 is 0 Å². The Kier molecular flexibility index (Phi) is 5.08. The van der Waals surface area contributed by atoms with Gasteiger partial charge in [-0.2, -0.15) is 4.98 Å². The van der Waals surface area contributed by atoms with Crippen molar-refractivity contribution in [3.05, 3.63) is 72.2 Å². The summed E-state index contributed by atoms with van der Waals surface area (Å²) in [5.74, 6) is 2.14. The Hall–Kier alpha value is -3.74. The minimum atomic E-state index is 0.173. The van der Waals surface area contributed by atoms with E-state index in [0.717, 1.165) is 35.4 Å². The van der Waals surface area contributed by atoms with Crippen LogP contribution in [0.3, 0.4) is 0 Å². The van der Waals surface area contributed by atoms with E-state index in [4.69, 9.17) is 4.52 Å². The van der Waals surface area contributed by atoms with Crippen LogP contribution in [-0.2, 0) is 11.2 Å². The van der Waals surface area contributed by atoms with E-state index in [1.807, 2.05) is 41.3 Å². The summed E-state index contributed by atoms with van der Waals surface area (Å²) in [5.41, 5.74) is 1.91. The first-order valence-electron chi connectivity index (χ1n) is 10.4. The minimum Gasteiger partial charge on any atom is -0.353 e. The Morgan fingerprint density at radius 3 is 2.55 bits per heavy atom. The monoisotopic (exact) mass is 413 g/mol. The highest BCUT2D eigenvalue weighted by Crippen LogP contribution is 2.21. The Labute approximate surface area is 180 Å². The number of carbonyl (C=O) groups excluding carboxylic acids is 1. The number of hydrogen-bond acceptors (Lipinski definition) is 6. The number of aryl methyl sites for hydroxylation is 1. The molecule has 1 amide bonds. The Morgan fingerprint density at radius 1 is 1.00 bits per heavy atom. The van der Waals surface area contributed by atoms with Crippen molar-refractivity contribution in [3.63, 3.8) is 0 Å². The molecule has 156 valence electrons. The summed E-state index contributed by atoms with van der Waals surface area (Å²) in [7, 11) is 0. The highest BCUT2D eigenvalue weighted by Gasteiger charge is 2.22. The molecule has 1 aliphatic rings. The van der Waals surface area contributed by atoms with E-state index in [9.17, 15) is 4.79 Å². The predicted octanol–water partition coefficient (Wildman–Crippen LogP) is 3.48. The van der Waals surface area contributed by atoms with Gasteiger partial charge in [0.05, 0.1) is 6.42 Å². The molecule has 4 aromatic rings. The molecule has 31 heavy (non-hydrogen) atoms. The zero-order valence-corrected chi connectivity index (χ0v) is 17.4. The maximum atomic E-state index is 12.9. The van der Waals surface area contributed by atoms with Gasteiger partial charge in [-0.25, -0.2) is 4.98 Å². The number of anilines is 1. The van der Waals surface area contributed by atoms with Crippen molar-refractivity contribution in [1.82, 2.24) is 20.0 Å². The molecule has 0 spiro atoms. The standard InChI is InChI=1S/C24H23N5O2/c1-17-26-24(27-31-17)20-9-10-22(25-16-20)28-11-13-29(14-12-28)23(30)15-19-7-4-6-18-5-2-3-8-21(18)19/h2-10,16H,11-15H2,1H3. The molecular weight excluding hydrogens is 390 g/mol. The van der Waals surface area contributed by atoms with Crippen LogP contribution < -0.4 is 4.90 Å². The number of benzene rings is 2. The van der Waals surface area contributed by atoms with Crippen molar-refractivity contribution >= 4 is 22.5 Å². The molecule has 3 heterocycles. The molecule has 1 saturated heterocycles. The van der Waals surface area contributed by atoms with Gasteiger partial charge in [0.15, 0.2) is 0 Å². The summed E-state index contributed by atoms with van der Waals surface area (Å²) in [5, 5.41) is 6.25. The van der Waals surface area contributed by atoms with E-state index in [1.165, 1.54) is 5.39 Å². The normalized spacial score (nSPS) is 14.2. The maximum Gasteiger partial charge on any atom is 0.227 e. The van der Waals surface area contributed by atoms with Crippen molar-refractivity contribution in [2.45, 2.75) is 13.3 Å². The largest absolute Gasteiger partial charge is 0.353 e. The van der Waals surface area contributed by atoms with Gasteiger partial charge in [-0.3, -0.25) is 4.79 Å². The Morgan fingerprint density at radius 2 is 1.81 bits per heavy atom. The molecule has 5 rings (SSSR count). The van der Waals surface area contributed by atoms with Crippen molar-refractivity contribution in [2.75, 3.05) is 31.1 Å². The second kappa shape index (κ2) is 8.18. The highest BCUT2D eigenvalue weighted by molar-refractivity contribution is 5.90. The maximum absolute atomic E-state index is 12.9. The van der Waals surface area contributed by atoms with E-state index < -0.39 is 0 Å². The molecule has 2 aromatic heterocycles. The number of nitrogens with zero attached hydrogens (tertiary/aromatic N) is 5. The molecule has 0 N–H and O–H groups in total. The highest BCUT2D eigenvalue weighted by atomic mass is 16.5. The van der Waals surface area contributed by atoms with Crippen LogP contribution in [0.25, 0.3) is 22.2 Å². The smallest absolute Gasteiger partial charge is 0.227 e. The molecule has 7 heteroatoms. The number of piperazine rings is 1. The van der Waals surface area contributed by atoms with Crippen molar-refractivity contribution < 1.29 is 9.32 Å². The molecule has 1 aliphatic heterocycles. The van der Waals surface area contributed by atoms with Crippen molar-refractivity contribution in [1.29, 1.82) is 0 Å². The Bertz CT molecular complexity index is 1200. The lowest BCUT2D eigenvalue weighted by Crippen LogP contribution is -2.49. The van der Waals surface area contributed by atoms with E-state index in [-0.39, 0.29) is 5.91 Å². The van der Waals surface area contributed by atoms with Crippen molar-refractivity contribution in [2.24, 2.45) is 0 Å². The van der Waals surface area contributed by atoms with Gasteiger partial charge in [0.1, 0.15) is 5.82 Å². The molecule has 0 atom stereocenters. The first kappa shape index (κ1) is 19.2. The van der Waals surface area contributed by atoms with Gasteiger partial charge in [0.2, 0.25) is 17.6 Å². The third kappa shape index (κ3) is 3.99. The summed E-state index contributed by atoms with van der Waals surface area (Å²) in [6.45, 7) is 4.66. The van der Waals surface area contributed by atoms with Crippen molar-refractivity contribution in [3.8, 4) is 11.4 Å². The average molecular weight is 413 g/mol. The zero-order valence-electron chi connectivity index (χ0n) is 17.4. The van der Waals surface area contributed by atoms with E-state index in [2.05, 4.69) is 38.2 Å². The second-order valence-electron chi connectivity index (χ2n) is 7.72. The molecule has 2 aromatic carbocycles. The van der Waals surface area contributed by atoms with E-state index in [0.29, 0.717) is 31.2 Å². The Balaban J connectivity index is 1.21. The van der Waals surface area contributed by atoms with Crippen LogP contribution in [0.2, 0.25) is 0 Å². The van der Waals surface area contributed by atoms with Crippen LogP contribution in [0.4, 0.5) is 5.82 Å². The molecule has 1 fully saturated rings. The minimum absolute atomic E-state index is 0.173. The van der Waals surface area contributed by atoms with Gasteiger partial charge >= 0.3 is 0 Å². The van der Waals surface area contributed by atoms with Crippen LogP contribution in [0.5, 0.6) is 0 Å². The number of rotatable bonds is 4. The van der Waals surface area contributed by atoms with Gasteiger partial charge in [-0.05, 0) is 28.5 Å². The molecule has 0 unspecified atom stereocenters. The molecule has 7 nitrogen and oxygen atoms in total. The van der Waals surface area contributed by atoms with Crippen LogP contribution in [-0.4, -0.2) is 52.1 Å². The molecule has 0 aliphatic carbocycles. The number of amides is 1. The summed E-state index contributed by atoms with van der Waals surface area (Å²) in [6.07, 6.45) is 2.19. The number of carbonyl (C=O) groups is 1. The van der Waals surface area contributed by atoms with Gasteiger partial charge in [0.25, 0.3) is 0 Å². The summed E-state index contributed by atoms with van der Waals surface area (Å²) >= 11 is 0. The van der Waals surface area contributed by atoms with Gasteiger partial charge in [-0.15, -0.1) is 0 Å². The van der Waals surface area contributed by atoms with Gasteiger partial charge in [0, 0.05) is 44.9 Å². The fourth-order valence-electron chi connectivity index (χ4n) is 4.03. The second-order valence-corrected chi connectivity index (χ2v) is 7.72. The number of hydrogen-bond donors (Lipinski definition) is 0. The average Bonchev–Trinajstić information content (AvgIpc) is 3.26. The van der Waals surface area contributed by atoms with Gasteiger partial charge in [-0.1, -0.05) is 47.6 Å². The predicted molar refractivity (Wildman–Crippen MR) is 119 cm³/mol. The quantitative estimate of drug-likeness (QED) is 0.510. The number of aromatic nitrogens is 3. The SMILES string of the molecule is Cc1nc(-c2ccc(N3CCN(C(=O)Cc4cccc5ccccc45)CC3)nc2)no1. The molecule has 0 bridgehead atoms. The lowest BCUT2D eigenvalue weighted by atomic mass is 10.0. The van der Waals surface area contributed by atoms with Gasteiger partial charge < -0.3 is 14.3 Å². The molecule has 0 radical (unpaired) electrons. The lowest BCUT2D eigenvalue weighted by Gasteiger charge is -2.35. The molecule has 0 saturated carbocycles. The van der Waals surface area contributed by atoms with Crippen LogP contribution in [0.1, 0.15) is 11.5 Å². The fraction of sp³-hybridized carbons (Fsp3) is 0.250. The zero-order chi connectivity index (χ0) is 21.2. The van der Waals surface area contributed by atoms with Crippen LogP contribution >= 0.6 is 0 Å². The third-order valence-corrected chi connectivity index (χ3v) is 5.71. The first-order valence-corrected chi connectivity index (χ1v) is 10.4. The first-order chi connectivity index (χ1) is 15.2. The number of fused-ring (bicyclic) bond motifs is 1.